The number of hydrogen-bond donors (Lipinski definition) is 2. The fourth-order valence-corrected chi connectivity index (χ4v) is 3.63. The molecule has 2 N–H and O–H groups in total. The fourth-order valence-electron chi connectivity index (χ4n) is 2.73. The summed E-state index contributed by atoms with van der Waals surface area (Å²) in [7, 11) is 0. The number of benzene rings is 1. The van der Waals surface area contributed by atoms with Gasteiger partial charge in [-0.05, 0) is 25.5 Å². The monoisotopic (exact) mass is 339 g/mol. The van der Waals surface area contributed by atoms with Gasteiger partial charge in [0.05, 0.1) is 17.9 Å². The third-order valence-corrected chi connectivity index (χ3v) is 5.08. The van der Waals surface area contributed by atoms with E-state index in [9.17, 15) is 4.79 Å². The maximum atomic E-state index is 12.4. The van der Waals surface area contributed by atoms with Gasteiger partial charge in [0, 0.05) is 10.9 Å². The minimum absolute atomic E-state index is 0.133. The van der Waals surface area contributed by atoms with Crippen LogP contribution in [-0.4, -0.2) is 25.5 Å². The highest BCUT2D eigenvalue weighted by Crippen LogP contribution is 2.19. The van der Waals surface area contributed by atoms with Crippen molar-refractivity contribution in [1.82, 2.24) is 24.9 Å². The van der Waals surface area contributed by atoms with E-state index in [4.69, 9.17) is 0 Å². The van der Waals surface area contributed by atoms with Crippen LogP contribution in [0.1, 0.15) is 33.8 Å². The minimum Gasteiger partial charge on any atom is -0.351 e. The van der Waals surface area contributed by atoms with E-state index in [0.717, 1.165) is 38.7 Å². The normalized spacial score (nSPS) is 11.4. The molecule has 24 heavy (non-hydrogen) atoms. The van der Waals surface area contributed by atoms with E-state index in [1.807, 2.05) is 41.8 Å². The smallest absolute Gasteiger partial charge is 0.268 e. The molecule has 0 aliphatic heterocycles. The van der Waals surface area contributed by atoms with Gasteiger partial charge >= 0.3 is 0 Å². The predicted octanol–water partition coefficient (Wildman–Crippen LogP) is 3.07. The first-order valence-corrected chi connectivity index (χ1v) is 8.67. The van der Waals surface area contributed by atoms with Crippen molar-refractivity contribution in [3.05, 3.63) is 52.4 Å². The molecule has 0 fully saturated rings. The Bertz CT molecular complexity index is 1010. The van der Waals surface area contributed by atoms with E-state index in [2.05, 4.69) is 27.3 Å². The number of aromatic nitrogens is 4. The summed E-state index contributed by atoms with van der Waals surface area (Å²) in [5.74, 6) is -0.133. The largest absolute Gasteiger partial charge is 0.351 e. The first kappa shape index (κ1) is 14.9. The number of aryl methyl sites for hydroxylation is 2. The summed E-state index contributed by atoms with van der Waals surface area (Å²) in [5, 5.41) is 9.58. The molecule has 0 saturated carbocycles. The molecule has 1 amide bonds. The Hall–Kier alpha value is -2.67. The van der Waals surface area contributed by atoms with Gasteiger partial charge in [-0.3, -0.25) is 4.79 Å². The van der Waals surface area contributed by atoms with Gasteiger partial charge in [0.2, 0.25) is 4.96 Å². The van der Waals surface area contributed by atoms with E-state index in [0.29, 0.717) is 12.2 Å². The van der Waals surface area contributed by atoms with Crippen LogP contribution in [0.15, 0.2) is 30.3 Å². The lowest BCUT2D eigenvalue weighted by Gasteiger charge is -2.03. The van der Waals surface area contributed by atoms with Crippen molar-refractivity contribution in [1.29, 1.82) is 0 Å². The molecule has 0 atom stereocenters. The number of carbonyl (C=O) groups is 1. The van der Waals surface area contributed by atoms with Gasteiger partial charge in [-0.1, -0.05) is 36.5 Å². The van der Waals surface area contributed by atoms with E-state index in [1.165, 1.54) is 0 Å². The topological polar surface area (TPSA) is 75.1 Å². The van der Waals surface area contributed by atoms with E-state index < -0.39 is 0 Å². The van der Waals surface area contributed by atoms with Crippen LogP contribution in [0.5, 0.6) is 0 Å². The number of nitrogens with zero attached hydrogens (tertiary/aromatic N) is 3. The maximum Gasteiger partial charge on any atom is 0.268 e. The van der Waals surface area contributed by atoms with Crippen molar-refractivity contribution in [2.75, 3.05) is 0 Å². The molecule has 6 nitrogen and oxygen atoms in total. The third-order valence-electron chi connectivity index (χ3n) is 4.03. The number of nitrogens with one attached hydrogen (secondary N) is 2. The number of imidazole rings is 1. The van der Waals surface area contributed by atoms with Gasteiger partial charge in [0.15, 0.2) is 0 Å². The van der Waals surface area contributed by atoms with Crippen LogP contribution in [0.25, 0.3) is 15.9 Å². The second-order valence-electron chi connectivity index (χ2n) is 5.64. The zero-order valence-electron chi connectivity index (χ0n) is 13.5. The average molecular weight is 339 g/mol. The number of carbonyl (C=O) groups excluding carboxylic acids is 1. The zero-order valence-corrected chi connectivity index (χ0v) is 14.3. The van der Waals surface area contributed by atoms with E-state index in [-0.39, 0.29) is 5.91 Å². The van der Waals surface area contributed by atoms with Crippen LogP contribution in [0.3, 0.4) is 0 Å². The summed E-state index contributed by atoms with van der Waals surface area (Å²) < 4.78 is 1.84. The second kappa shape index (κ2) is 5.76. The number of aromatic amines is 1. The molecule has 3 aromatic heterocycles. The number of fused-ring (bicyclic) bond motifs is 2. The van der Waals surface area contributed by atoms with Gasteiger partial charge in [0.25, 0.3) is 5.91 Å². The molecule has 0 radical (unpaired) electrons. The van der Waals surface area contributed by atoms with Crippen LogP contribution in [0, 0.1) is 6.92 Å². The summed E-state index contributed by atoms with van der Waals surface area (Å²) in [6, 6.07) is 9.70. The van der Waals surface area contributed by atoms with Crippen molar-refractivity contribution in [3.63, 3.8) is 0 Å². The van der Waals surface area contributed by atoms with Crippen molar-refractivity contribution in [2.24, 2.45) is 0 Å². The summed E-state index contributed by atoms with van der Waals surface area (Å²) in [6.45, 7) is 4.41. The minimum atomic E-state index is -0.133. The Labute approximate surface area is 142 Å². The highest BCUT2D eigenvalue weighted by molar-refractivity contribution is 7.16. The maximum absolute atomic E-state index is 12.4. The Morgan fingerprint density at radius 3 is 3.00 bits per heavy atom. The van der Waals surface area contributed by atoms with Crippen LogP contribution in [0.4, 0.5) is 0 Å². The molecule has 122 valence electrons. The first-order chi connectivity index (χ1) is 11.7. The van der Waals surface area contributed by atoms with Gasteiger partial charge < -0.3 is 10.3 Å². The third kappa shape index (κ3) is 2.46. The number of rotatable bonds is 4. The van der Waals surface area contributed by atoms with E-state index >= 15 is 0 Å². The lowest BCUT2D eigenvalue weighted by Crippen LogP contribution is -2.24. The summed E-state index contributed by atoms with van der Waals surface area (Å²) in [4.78, 5) is 21.0. The number of para-hydroxylation sites is 1. The van der Waals surface area contributed by atoms with Gasteiger partial charge in [-0.15, -0.1) is 0 Å². The molecule has 7 heteroatoms. The predicted molar refractivity (Wildman–Crippen MR) is 94.4 cm³/mol. The lowest BCUT2D eigenvalue weighted by molar-refractivity contribution is 0.0946. The molecule has 4 aromatic rings. The van der Waals surface area contributed by atoms with Crippen LogP contribution >= 0.6 is 11.3 Å². The average Bonchev–Trinajstić information content (AvgIpc) is 3.24. The van der Waals surface area contributed by atoms with Gasteiger partial charge in [-0.25, -0.2) is 9.50 Å². The molecule has 3 heterocycles. The fraction of sp³-hybridized carbons (Fsp3) is 0.235. The SMILES string of the molecule is CCc1nn2c(CNC(=O)c3cc4ccccc4[nH]3)c(C)nc2s1. The summed E-state index contributed by atoms with van der Waals surface area (Å²) >= 11 is 1.59. The highest BCUT2D eigenvalue weighted by Gasteiger charge is 2.15. The van der Waals surface area contributed by atoms with Crippen molar-refractivity contribution < 1.29 is 4.79 Å². The van der Waals surface area contributed by atoms with E-state index in [1.54, 1.807) is 11.3 Å². The molecular weight excluding hydrogens is 322 g/mol. The number of H-pyrrole nitrogens is 1. The zero-order chi connectivity index (χ0) is 16.7. The molecule has 0 bridgehead atoms. The quantitative estimate of drug-likeness (QED) is 0.600. The van der Waals surface area contributed by atoms with Gasteiger partial charge in [0.1, 0.15) is 10.7 Å². The van der Waals surface area contributed by atoms with Crippen LogP contribution < -0.4 is 5.32 Å². The second-order valence-corrected chi connectivity index (χ2v) is 6.68. The van der Waals surface area contributed by atoms with Crippen LogP contribution in [-0.2, 0) is 13.0 Å². The molecule has 1 aromatic carbocycles. The van der Waals surface area contributed by atoms with Crippen molar-refractivity contribution in [3.8, 4) is 0 Å². The van der Waals surface area contributed by atoms with Crippen molar-refractivity contribution >= 4 is 33.1 Å². The summed E-state index contributed by atoms with van der Waals surface area (Å²) in [5.41, 5.74) is 3.33. The Kier molecular flexibility index (Phi) is 3.57. The molecule has 0 unspecified atom stereocenters. The molecule has 0 aliphatic rings. The molecule has 0 saturated heterocycles. The standard InChI is InChI=1S/C17H17N5OS/c1-3-15-21-22-14(10(2)19-17(22)24-15)9-18-16(23)13-8-11-6-4-5-7-12(11)20-13/h4-8,20H,3,9H2,1-2H3,(H,18,23). The lowest BCUT2D eigenvalue weighted by atomic mass is 10.2. The number of hydrogen-bond acceptors (Lipinski definition) is 4. The molecule has 4 rings (SSSR count). The Balaban J connectivity index is 1.56. The molecular formula is C17H17N5OS. The Morgan fingerprint density at radius 1 is 1.38 bits per heavy atom. The van der Waals surface area contributed by atoms with Gasteiger partial charge in [-0.2, -0.15) is 5.10 Å². The highest BCUT2D eigenvalue weighted by atomic mass is 32.1. The number of amides is 1. The van der Waals surface area contributed by atoms with Crippen LogP contribution in [0.2, 0.25) is 0 Å². The first-order valence-electron chi connectivity index (χ1n) is 7.85. The summed E-state index contributed by atoms with van der Waals surface area (Å²) in [6.07, 6.45) is 0.883. The molecule has 0 spiro atoms. The van der Waals surface area contributed by atoms with Crippen molar-refractivity contribution in [2.45, 2.75) is 26.8 Å². The Morgan fingerprint density at radius 2 is 2.21 bits per heavy atom. The molecule has 0 aliphatic carbocycles.